The fourth-order valence-electron chi connectivity index (χ4n) is 5.28. The number of hydrogen-bond donors (Lipinski definition) is 1. The molecule has 3 aromatic rings. The minimum atomic E-state index is -0.656. The van der Waals surface area contributed by atoms with E-state index in [1.54, 1.807) is 37.3 Å². The van der Waals surface area contributed by atoms with E-state index in [0.29, 0.717) is 52.1 Å². The third-order valence-electron chi connectivity index (χ3n) is 7.05. The molecule has 3 aromatic carbocycles. The van der Waals surface area contributed by atoms with E-state index in [1.807, 2.05) is 37.3 Å². The first-order chi connectivity index (χ1) is 17.4. The molecule has 0 spiro atoms. The third-order valence-corrected chi connectivity index (χ3v) is 7.45. The van der Waals surface area contributed by atoms with Crippen molar-refractivity contribution < 1.29 is 23.8 Å². The molecule has 7 nitrogen and oxygen atoms in total. The van der Waals surface area contributed by atoms with Gasteiger partial charge in [-0.05, 0) is 59.9 Å². The van der Waals surface area contributed by atoms with Crippen LogP contribution >= 0.6 is 11.6 Å². The maximum Gasteiger partial charge on any atom is 0.254 e. The Bertz CT molecular complexity index is 1370. The summed E-state index contributed by atoms with van der Waals surface area (Å²) in [6.07, 6.45) is 0.651. The quantitative estimate of drug-likeness (QED) is 0.518. The highest BCUT2D eigenvalue weighted by molar-refractivity contribution is 6.31. The molecule has 2 amide bonds. The van der Waals surface area contributed by atoms with Crippen molar-refractivity contribution >= 4 is 29.1 Å². The average Bonchev–Trinajstić information content (AvgIpc) is 2.89. The second kappa shape index (κ2) is 9.39. The molecule has 1 N–H and O–H groups in total. The summed E-state index contributed by atoms with van der Waals surface area (Å²) in [5.41, 5.74) is 4.47. The Morgan fingerprint density at radius 1 is 0.972 bits per heavy atom. The Kier molecular flexibility index (Phi) is 6.26. The Hall–Kier alpha value is -3.71. The molecule has 0 saturated carbocycles. The number of carbonyl (C=O) groups is 2. The highest BCUT2D eigenvalue weighted by Gasteiger charge is 2.46. The van der Waals surface area contributed by atoms with E-state index in [4.69, 9.17) is 25.8 Å². The molecule has 36 heavy (non-hydrogen) atoms. The number of anilines is 1. The normalized spacial score (nSPS) is 18.0. The summed E-state index contributed by atoms with van der Waals surface area (Å²) < 4.78 is 16.6. The zero-order chi connectivity index (χ0) is 25.6. The molecular weight excluding hydrogens is 480 g/mol. The summed E-state index contributed by atoms with van der Waals surface area (Å²) in [5, 5.41) is 3.60. The van der Waals surface area contributed by atoms with Crippen molar-refractivity contribution in [2.75, 3.05) is 33.2 Å². The predicted molar refractivity (Wildman–Crippen MR) is 138 cm³/mol. The van der Waals surface area contributed by atoms with Crippen LogP contribution in [0.15, 0.2) is 48.5 Å². The zero-order valence-electron chi connectivity index (χ0n) is 20.6. The summed E-state index contributed by atoms with van der Waals surface area (Å²) in [6, 6.07) is 14.1. The van der Waals surface area contributed by atoms with Crippen LogP contribution in [0.4, 0.5) is 5.69 Å². The molecular formula is C28H27ClN2O5. The molecule has 2 aliphatic heterocycles. The predicted octanol–water partition coefficient (Wildman–Crippen LogP) is 5.15. The monoisotopic (exact) mass is 506 g/mol. The van der Waals surface area contributed by atoms with Crippen LogP contribution in [0.3, 0.4) is 0 Å². The second-order valence-electron chi connectivity index (χ2n) is 8.96. The molecule has 0 radical (unpaired) electrons. The van der Waals surface area contributed by atoms with Gasteiger partial charge in [-0.3, -0.25) is 9.59 Å². The Morgan fingerprint density at radius 2 is 1.67 bits per heavy atom. The van der Waals surface area contributed by atoms with Gasteiger partial charge >= 0.3 is 0 Å². The van der Waals surface area contributed by atoms with Gasteiger partial charge in [-0.2, -0.15) is 0 Å². The smallest absolute Gasteiger partial charge is 0.254 e. The maximum atomic E-state index is 14.0. The first-order valence-corrected chi connectivity index (χ1v) is 12.1. The van der Waals surface area contributed by atoms with E-state index in [2.05, 4.69) is 5.32 Å². The number of halogens is 1. The number of benzene rings is 3. The van der Waals surface area contributed by atoms with E-state index in [-0.39, 0.29) is 11.8 Å². The van der Waals surface area contributed by atoms with Gasteiger partial charge in [0.1, 0.15) is 5.75 Å². The van der Waals surface area contributed by atoms with Gasteiger partial charge in [0, 0.05) is 23.2 Å². The summed E-state index contributed by atoms with van der Waals surface area (Å²) in [6.45, 7) is 2.36. The molecule has 0 bridgehead atoms. The van der Waals surface area contributed by atoms with E-state index in [1.165, 1.54) is 7.11 Å². The maximum absolute atomic E-state index is 14.0. The van der Waals surface area contributed by atoms with Gasteiger partial charge in [-0.15, -0.1) is 0 Å². The number of ether oxygens (including phenoxy) is 3. The number of hydrogen-bond acceptors (Lipinski definition) is 5. The number of nitrogens with one attached hydrogen (secondary N) is 1. The van der Waals surface area contributed by atoms with E-state index in [0.717, 1.165) is 16.7 Å². The molecule has 0 saturated heterocycles. The first-order valence-electron chi connectivity index (χ1n) is 11.7. The lowest BCUT2D eigenvalue weighted by molar-refractivity contribution is -0.119. The number of rotatable bonds is 5. The van der Waals surface area contributed by atoms with Gasteiger partial charge in [0.05, 0.1) is 39.0 Å². The number of nitrogens with zero attached hydrogens (tertiary/aromatic N) is 1. The van der Waals surface area contributed by atoms with Crippen LogP contribution in [0.1, 0.15) is 44.6 Å². The van der Waals surface area contributed by atoms with Crippen molar-refractivity contribution in [1.29, 1.82) is 0 Å². The van der Waals surface area contributed by atoms with Crippen molar-refractivity contribution in [3.63, 3.8) is 0 Å². The van der Waals surface area contributed by atoms with Gasteiger partial charge in [0.15, 0.2) is 11.5 Å². The van der Waals surface area contributed by atoms with Gasteiger partial charge < -0.3 is 24.4 Å². The highest BCUT2D eigenvalue weighted by Crippen LogP contribution is 2.48. The average molecular weight is 507 g/mol. The Labute approximate surface area is 214 Å². The van der Waals surface area contributed by atoms with Crippen LogP contribution in [0.2, 0.25) is 5.02 Å². The van der Waals surface area contributed by atoms with E-state index < -0.39 is 12.0 Å². The minimum absolute atomic E-state index is 0.0833. The fourth-order valence-corrected chi connectivity index (χ4v) is 5.43. The summed E-state index contributed by atoms with van der Waals surface area (Å²) in [7, 11) is 4.70. The van der Waals surface area contributed by atoms with Crippen molar-refractivity contribution in [2.45, 2.75) is 25.3 Å². The number of methoxy groups -OCH3 is 3. The minimum Gasteiger partial charge on any atom is -0.495 e. The topological polar surface area (TPSA) is 77.1 Å². The van der Waals surface area contributed by atoms with Gasteiger partial charge in [-0.1, -0.05) is 29.8 Å². The van der Waals surface area contributed by atoms with Crippen molar-refractivity contribution in [2.24, 2.45) is 0 Å². The van der Waals surface area contributed by atoms with Gasteiger partial charge in [-0.25, -0.2) is 0 Å². The molecule has 2 atom stereocenters. The second-order valence-corrected chi connectivity index (χ2v) is 9.36. The molecule has 0 fully saturated rings. The third kappa shape index (κ3) is 3.84. The zero-order valence-corrected chi connectivity index (χ0v) is 21.3. The molecule has 0 aromatic heterocycles. The van der Waals surface area contributed by atoms with Gasteiger partial charge in [0.25, 0.3) is 5.91 Å². The lowest BCUT2D eigenvalue weighted by Crippen LogP contribution is -2.49. The molecule has 0 unspecified atom stereocenters. The molecule has 0 aliphatic carbocycles. The first kappa shape index (κ1) is 24.0. The van der Waals surface area contributed by atoms with Crippen LogP contribution in [0.5, 0.6) is 17.2 Å². The highest BCUT2D eigenvalue weighted by atomic mass is 35.5. The number of amides is 2. The van der Waals surface area contributed by atoms with Crippen LogP contribution in [0, 0.1) is 6.92 Å². The molecule has 186 valence electrons. The van der Waals surface area contributed by atoms with Crippen molar-refractivity contribution in [3.05, 3.63) is 81.4 Å². The standard InChI is InChI=1S/C28H27ClN2O5/c1-15-11-21(22(34-2)14-20(15)29)30-27(32)25-17-7-5-6-8-18(17)28(33)31-10-9-16-12-23(35-3)24(36-4)13-19(16)26(25)31/h5-8,11-14,25-26H,9-10H2,1-4H3,(H,30,32)/t25-,26+/m1/s1. The van der Waals surface area contributed by atoms with Crippen LogP contribution in [0.25, 0.3) is 0 Å². The molecule has 5 rings (SSSR count). The van der Waals surface area contributed by atoms with Gasteiger partial charge in [0.2, 0.25) is 5.91 Å². The number of carbonyl (C=O) groups excluding carboxylic acids is 2. The van der Waals surface area contributed by atoms with Crippen LogP contribution < -0.4 is 19.5 Å². The summed E-state index contributed by atoms with van der Waals surface area (Å²) in [4.78, 5) is 29.4. The summed E-state index contributed by atoms with van der Waals surface area (Å²) >= 11 is 6.27. The lowest BCUT2D eigenvalue weighted by atomic mass is 9.75. The largest absolute Gasteiger partial charge is 0.495 e. The number of fused-ring (bicyclic) bond motifs is 4. The molecule has 8 heteroatoms. The van der Waals surface area contributed by atoms with Crippen LogP contribution in [-0.4, -0.2) is 44.6 Å². The Morgan fingerprint density at radius 3 is 2.39 bits per heavy atom. The molecule has 2 aliphatic rings. The Balaban J connectivity index is 1.65. The fraction of sp³-hybridized carbons (Fsp3) is 0.286. The SMILES string of the molecule is COc1cc(Cl)c(C)cc1NC(=O)[C@@H]1c2ccccc2C(=O)N2CCc3cc(OC)c(OC)cc3[C@@H]12. The molecule has 2 heterocycles. The van der Waals surface area contributed by atoms with Crippen molar-refractivity contribution in [3.8, 4) is 17.2 Å². The summed E-state index contributed by atoms with van der Waals surface area (Å²) in [5.74, 6) is 0.656. The van der Waals surface area contributed by atoms with E-state index >= 15 is 0 Å². The lowest BCUT2D eigenvalue weighted by Gasteiger charge is -2.45. The van der Waals surface area contributed by atoms with Crippen LogP contribution in [-0.2, 0) is 11.2 Å². The van der Waals surface area contributed by atoms with E-state index in [9.17, 15) is 9.59 Å². The number of aryl methyl sites for hydroxylation is 1. The van der Waals surface area contributed by atoms with Crippen molar-refractivity contribution in [1.82, 2.24) is 4.90 Å².